The van der Waals surface area contributed by atoms with Gasteiger partial charge in [0.2, 0.25) is 6.71 Å². The van der Waals surface area contributed by atoms with E-state index < -0.39 is 0 Å². The topological polar surface area (TPSA) is 13.0 Å². The van der Waals surface area contributed by atoms with Gasteiger partial charge in [0.05, 0.1) is 28.4 Å². The summed E-state index contributed by atoms with van der Waals surface area (Å²) in [5.41, 5.74) is 31.7. The zero-order valence-electron chi connectivity index (χ0n) is 49.0. The van der Waals surface area contributed by atoms with E-state index in [-0.39, 0.29) is 13.4 Å². The molecule has 410 valence electrons. The van der Waals surface area contributed by atoms with Crippen molar-refractivity contribution in [1.82, 2.24) is 0 Å². The van der Waals surface area contributed by atoms with Gasteiger partial charge < -0.3 is 19.6 Å². The molecule has 0 saturated heterocycles. The van der Waals surface area contributed by atoms with Crippen LogP contribution in [0.1, 0.15) is 33.4 Å². The van der Waals surface area contributed by atoms with Crippen molar-refractivity contribution in [2.45, 2.75) is 61.1 Å². The Morgan fingerprint density at radius 2 is 0.756 bits per heavy atom. The van der Waals surface area contributed by atoms with E-state index in [4.69, 9.17) is 0 Å². The number of anilines is 12. The fourth-order valence-corrected chi connectivity index (χ4v) is 17.1. The molecule has 0 saturated carbocycles. The molecule has 0 aromatic heterocycles. The predicted octanol–water partition coefficient (Wildman–Crippen LogP) is 17.7. The third kappa shape index (κ3) is 8.25. The summed E-state index contributed by atoms with van der Waals surface area (Å²) in [5.74, 6) is 0. The summed E-state index contributed by atoms with van der Waals surface area (Å²) in [4.78, 5) is 15.5. The van der Waals surface area contributed by atoms with Crippen LogP contribution in [0.2, 0.25) is 0 Å². The second-order valence-electron chi connectivity index (χ2n) is 23.5. The van der Waals surface area contributed by atoms with E-state index in [0.717, 1.165) is 34.1 Å². The van der Waals surface area contributed by atoms with Gasteiger partial charge in [0.15, 0.2) is 0 Å². The minimum absolute atomic E-state index is 0.00783. The number of para-hydroxylation sites is 7. The minimum atomic E-state index is -0.116. The number of aryl methyl sites for hydroxylation is 6. The average Bonchev–Trinajstić information content (AvgIpc) is 0.991. The van der Waals surface area contributed by atoms with Crippen molar-refractivity contribution < 1.29 is 0 Å². The molecule has 4 nitrogen and oxygen atoms in total. The van der Waals surface area contributed by atoms with Crippen LogP contribution < -0.4 is 52.4 Å². The molecule has 0 spiro atoms. The fourth-order valence-electron chi connectivity index (χ4n) is 14.6. The molecule has 86 heavy (non-hydrogen) atoms. The lowest BCUT2D eigenvalue weighted by molar-refractivity contribution is 1.18. The number of nitrogens with zero attached hydrogens (tertiary/aromatic N) is 4. The molecule has 0 N–H and O–H groups in total. The van der Waals surface area contributed by atoms with Crippen LogP contribution in [0.4, 0.5) is 68.2 Å². The Bertz CT molecular complexity index is 4660. The van der Waals surface area contributed by atoms with Gasteiger partial charge in [-0.2, -0.15) is 0 Å². The summed E-state index contributed by atoms with van der Waals surface area (Å²) in [6.45, 7) is 13.5. The van der Waals surface area contributed by atoms with Crippen molar-refractivity contribution in [3.05, 3.63) is 288 Å². The molecule has 0 unspecified atom stereocenters. The van der Waals surface area contributed by atoms with Crippen molar-refractivity contribution >= 4 is 138 Å². The summed E-state index contributed by atoms with van der Waals surface area (Å²) in [6.07, 6.45) is 0. The van der Waals surface area contributed by atoms with Crippen molar-refractivity contribution in [2.75, 3.05) is 19.6 Å². The lowest BCUT2D eigenvalue weighted by Gasteiger charge is -2.46. The van der Waals surface area contributed by atoms with Gasteiger partial charge in [-0.05, 0) is 175 Å². The van der Waals surface area contributed by atoms with Crippen LogP contribution >= 0.6 is 23.5 Å². The Labute approximate surface area is 514 Å². The molecule has 4 aliphatic heterocycles. The monoisotopic (exact) mass is 1140 g/mol. The molecular weight excluding hydrogens is 1080 g/mol. The number of hydrogen-bond donors (Lipinski definition) is 0. The summed E-state index contributed by atoms with van der Waals surface area (Å²) in [5, 5.41) is 0. The van der Waals surface area contributed by atoms with Gasteiger partial charge in [0, 0.05) is 65.0 Å². The van der Waals surface area contributed by atoms with E-state index in [9.17, 15) is 0 Å². The van der Waals surface area contributed by atoms with Crippen LogP contribution in [-0.2, 0) is 0 Å². The van der Waals surface area contributed by atoms with Crippen LogP contribution in [-0.4, -0.2) is 13.4 Å². The first-order valence-corrected chi connectivity index (χ1v) is 31.5. The largest absolute Gasteiger partial charge is 0.311 e. The molecule has 0 atom stereocenters. The Morgan fingerprint density at radius 3 is 1.36 bits per heavy atom. The van der Waals surface area contributed by atoms with E-state index in [2.05, 4.69) is 316 Å². The lowest BCUT2D eigenvalue weighted by atomic mass is 9.31. The Morgan fingerprint density at radius 1 is 0.291 bits per heavy atom. The van der Waals surface area contributed by atoms with Gasteiger partial charge in [0.25, 0.3) is 6.71 Å². The van der Waals surface area contributed by atoms with Crippen molar-refractivity contribution in [1.29, 1.82) is 0 Å². The minimum Gasteiger partial charge on any atom is -0.311 e. The number of rotatable bonds is 9. The first-order chi connectivity index (χ1) is 42.2. The van der Waals surface area contributed by atoms with E-state index in [1.807, 2.05) is 23.5 Å². The molecule has 0 amide bonds. The first-order valence-electron chi connectivity index (χ1n) is 29.9. The summed E-state index contributed by atoms with van der Waals surface area (Å²) >= 11 is 3.86. The Balaban J connectivity index is 1.01. The molecule has 8 heteroatoms. The van der Waals surface area contributed by atoms with Crippen LogP contribution in [0.3, 0.4) is 0 Å². The molecule has 0 aliphatic carbocycles. The highest BCUT2D eigenvalue weighted by Gasteiger charge is 2.47. The number of benzene rings is 12. The van der Waals surface area contributed by atoms with Crippen LogP contribution in [0, 0.1) is 41.5 Å². The SMILES string of the molecule is Cc1cccc(C)c1N(c1ccccc1)c1cc2c3c(c1)Sc1cc4c(cc1B3c1ccccc1S2)B1c2ccccc2N(c2c(C)cccc2C)c2cc(N(c3ccccc3)c3c(C)cccc3C)cc(c21)N4c1ccccc1-c1ccccc1. The molecule has 12 aromatic rings. The quantitative estimate of drug-likeness (QED) is 0.133. The zero-order valence-corrected chi connectivity index (χ0v) is 50.6. The molecule has 0 radical (unpaired) electrons. The predicted molar refractivity (Wildman–Crippen MR) is 369 cm³/mol. The molecule has 4 heterocycles. The van der Waals surface area contributed by atoms with Crippen molar-refractivity contribution in [3.8, 4) is 11.1 Å². The third-order valence-electron chi connectivity index (χ3n) is 18.2. The van der Waals surface area contributed by atoms with Crippen LogP contribution in [0.5, 0.6) is 0 Å². The van der Waals surface area contributed by atoms with Crippen molar-refractivity contribution in [3.63, 3.8) is 0 Å². The standard InChI is InChI=1S/C78H60B2N4S2/c1-49-25-22-26-50(2)76(49)81(56-33-12-8-13-34-56)58-43-68-74-69(44-58)84(78-53(5)29-24-30-54(78)6)66-41-20-17-38-61(66)79(74)63-47-64-71(48-67(63)83(68)65-40-19-16-37-60(65)55-31-10-7-11-32-55)86-73-46-59(45-72-75(73)80(64)62-39-18-21-42-70(62)85-72)82(57-35-14-9-15-36-57)77-51(3)27-23-28-52(77)4/h7-48H,1-6H3. The molecule has 12 aromatic carbocycles. The first kappa shape index (κ1) is 52.2. The van der Waals surface area contributed by atoms with Gasteiger partial charge in [-0.3, -0.25) is 0 Å². The molecule has 4 aliphatic rings. The van der Waals surface area contributed by atoms with Crippen LogP contribution in [0.25, 0.3) is 11.1 Å². The molecular formula is C78H60B2N4S2. The maximum Gasteiger partial charge on any atom is 0.252 e. The smallest absolute Gasteiger partial charge is 0.252 e. The maximum absolute atomic E-state index is 2.66. The fraction of sp³-hybridized carbons (Fsp3) is 0.0769. The van der Waals surface area contributed by atoms with Gasteiger partial charge in [-0.1, -0.05) is 216 Å². The van der Waals surface area contributed by atoms with Gasteiger partial charge in [0.1, 0.15) is 0 Å². The molecule has 0 bridgehead atoms. The lowest BCUT2D eigenvalue weighted by Crippen LogP contribution is -2.64. The van der Waals surface area contributed by atoms with Crippen molar-refractivity contribution in [2.24, 2.45) is 0 Å². The third-order valence-corrected chi connectivity index (χ3v) is 20.5. The van der Waals surface area contributed by atoms with Gasteiger partial charge >= 0.3 is 0 Å². The Kier molecular flexibility index (Phi) is 12.6. The highest BCUT2D eigenvalue weighted by atomic mass is 32.2. The average molecular weight is 1140 g/mol. The normalized spacial score (nSPS) is 13.0. The highest BCUT2D eigenvalue weighted by Crippen LogP contribution is 2.53. The molecule has 0 fully saturated rings. The number of hydrogen-bond acceptors (Lipinski definition) is 6. The Hall–Kier alpha value is -9.33. The molecule has 16 rings (SSSR count). The second kappa shape index (κ2) is 20.7. The van der Waals surface area contributed by atoms with E-state index >= 15 is 0 Å². The second-order valence-corrected chi connectivity index (χ2v) is 25.7. The summed E-state index contributed by atoms with van der Waals surface area (Å²) in [7, 11) is 0. The highest BCUT2D eigenvalue weighted by molar-refractivity contribution is 8.01. The van der Waals surface area contributed by atoms with Gasteiger partial charge in [-0.25, -0.2) is 0 Å². The van der Waals surface area contributed by atoms with E-state index in [0.29, 0.717) is 0 Å². The van der Waals surface area contributed by atoms with E-state index in [1.54, 1.807) is 0 Å². The van der Waals surface area contributed by atoms with Crippen LogP contribution in [0.15, 0.2) is 274 Å². The summed E-state index contributed by atoms with van der Waals surface area (Å²) in [6, 6.07) is 95.9. The maximum atomic E-state index is 2.66. The number of fused-ring (bicyclic) bond motifs is 8. The van der Waals surface area contributed by atoms with E-state index in [1.165, 1.54) is 131 Å². The van der Waals surface area contributed by atoms with Gasteiger partial charge in [-0.15, -0.1) is 0 Å². The summed E-state index contributed by atoms with van der Waals surface area (Å²) < 4.78 is 0. The zero-order chi connectivity index (χ0) is 57.9.